The molecule has 0 bridgehead atoms. The second-order valence-corrected chi connectivity index (χ2v) is 6.40. The number of aliphatic hydroxyl groups is 1. The summed E-state index contributed by atoms with van der Waals surface area (Å²) >= 11 is 0. The number of carbonyl (C=O) groups is 2. The van der Waals surface area contributed by atoms with E-state index in [9.17, 15) is 24.9 Å². The van der Waals surface area contributed by atoms with Gasteiger partial charge in [0.2, 0.25) is 0 Å². The summed E-state index contributed by atoms with van der Waals surface area (Å²) in [7, 11) is 2.81. The molecule has 0 amide bonds. The van der Waals surface area contributed by atoms with Crippen molar-refractivity contribution in [3.63, 3.8) is 0 Å². The second-order valence-electron chi connectivity index (χ2n) is 6.40. The van der Waals surface area contributed by atoms with Crippen LogP contribution < -0.4 is 9.47 Å². The number of phenolic OH excluding ortho intramolecular Hbond substituents is 2. The van der Waals surface area contributed by atoms with Gasteiger partial charge in [-0.1, -0.05) is 12.1 Å². The van der Waals surface area contributed by atoms with Crippen molar-refractivity contribution in [2.24, 2.45) is 0 Å². The summed E-state index contributed by atoms with van der Waals surface area (Å²) in [4.78, 5) is 23.8. The van der Waals surface area contributed by atoms with Crippen LogP contribution in [0.5, 0.6) is 23.0 Å². The fourth-order valence-electron chi connectivity index (χ4n) is 2.48. The Morgan fingerprint density at radius 3 is 1.84 bits per heavy atom. The first-order valence-corrected chi connectivity index (χ1v) is 9.44. The molecule has 3 N–H and O–H groups in total. The molecule has 2 rings (SSSR count). The summed E-state index contributed by atoms with van der Waals surface area (Å²) in [5.74, 6) is -1.02. The highest BCUT2D eigenvalue weighted by molar-refractivity contribution is 5.88. The van der Waals surface area contributed by atoms with Crippen LogP contribution in [0.2, 0.25) is 0 Å². The Morgan fingerprint density at radius 1 is 0.875 bits per heavy atom. The number of carbonyl (C=O) groups excluding carboxylic acids is 2. The smallest absolute Gasteiger partial charge is 0.331 e. The third kappa shape index (κ3) is 7.37. The van der Waals surface area contributed by atoms with Gasteiger partial charge in [-0.3, -0.25) is 0 Å². The van der Waals surface area contributed by atoms with E-state index in [1.807, 2.05) is 0 Å². The highest BCUT2D eigenvalue weighted by atomic mass is 16.6. The van der Waals surface area contributed by atoms with Gasteiger partial charge in [0.15, 0.2) is 29.1 Å². The molecule has 170 valence electrons. The zero-order valence-electron chi connectivity index (χ0n) is 17.6. The molecular weight excluding hydrogens is 420 g/mol. The van der Waals surface area contributed by atoms with Crippen molar-refractivity contribution in [2.75, 3.05) is 27.4 Å². The van der Waals surface area contributed by atoms with E-state index in [4.69, 9.17) is 18.9 Å². The predicted molar refractivity (Wildman–Crippen MR) is 115 cm³/mol. The number of ether oxygens (including phenoxy) is 4. The first-order valence-electron chi connectivity index (χ1n) is 9.44. The number of aromatic hydroxyl groups is 2. The lowest BCUT2D eigenvalue weighted by atomic mass is 10.2. The van der Waals surface area contributed by atoms with Crippen molar-refractivity contribution >= 4 is 24.1 Å². The van der Waals surface area contributed by atoms with Gasteiger partial charge in [-0.15, -0.1) is 0 Å². The van der Waals surface area contributed by atoms with Gasteiger partial charge in [-0.2, -0.15) is 0 Å². The van der Waals surface area contributed by atoms with E-state index in [2.05, 4.69) is 0 Å². The van der Waals surface area contributed by atoms with Crippen molar-refractivity contribution in [1.82, 2.24) is 0 Å². The minimum Gasteiger partial charge on any atom is -0.504 e. The Kier molecular flexibility index (Phi) is 9.12. The number of hydrogen-bond acceptors (Lipinski definition) is 9. The molecule has 2 aromatic carbocycles. The maximum Gasteiger partial charge on any atom is 0.331 e. The third-order valence-electron chi connectivity index (χ3n) is 4.13. The summed E-state index contributed by atoms with van der Waals surface area (Å²) in [5.41, 5.74) is 1.18. The van der Waals surface area contributed by atoms with E-state index in [0.29, 0.717) is 11.1 Å². The standard InChI is InChI=1S/C23H24O9/c1-29-20-11-15(3-7-18(20)25)5-9-22(27)31-14-17(13-24)32-23(28)10-6-16-4-8-19(26)21(12-16)30-2/h3-12,17,24-26H,13-14H2,1-2H3/t17-/m0/s1. The molecule has 1 atom stereocenters. The summed E-state index contributed by atoms with van der Waals surface area (Å²) in [5, 5.41) is 28.5. The van der Waals surface area contributed by atoms with Crippen LogP contribution in [0.15, 0.2) is 48.6 Å². The van der Waals surface area contributed by atoms with Crippen molar-refractivity contribution in [2.45, 2.75) is 6.10 Å². The predicted octanol–water partition coefficient (Wildman–Crippen LogP) is 2.29. The second kappa shape index (κ2) is 12.0. The molecule has 0 aliphatic carbocycles. The monoisotopic (exact) mass is 444 g/mol. The lowest BCUT2D eigenvalue weighted by molar-refractivity contribution is -0.154. The van der Waals surface area contributed by atoms with Crippen molar-refractivity contribution < 1.29 is 43.9 Å². The van der Waals surface area contributed by atoms with Gasteiger partial charge >= 0.3 is 11.9 Å². The maximum atomic E-state index is 12.0. The first kappa shape index (κ1) is 24.3. The topological polar surface area (TPSA) is 132 Å². The molecule has 0 unspecified atom stereocenters. The van der Waals surface area contributed by atoms with Crippen LogP contribution in [-0.4, -0.2) is 60.8 Å². The van der Waals surface area contributed by atoms with Crippen LogP contribution in [0.4, 0.5) is 0 Å². The van der Waals surface area contributed by atoms with Crippen molar-refractivity contribution in [3.05, 3.63) is 59.7 Å². The molecule has 0 saturated heterocycles. The van der Waals surface area contributed by atoms with Crippen LogP contribution in [0.1, 0.15) is 11.1 Å². The van der Waals surface area contributed by atoms with E-state index < -0.39 is 24.6 Å². The molecule has 2 aromatic rings. The summed E-state index contributed by atoms with van der Waals surface area (Å²) in [6.07, 6.45) is 4.14. The minimum atomic E-state index is -1.05. The van der Waals surface area contributed by atoms with Crippen molar-refractivity contribution in [1.29, 1.82) is 0 Å². The number of benzene rings is 2. The normalized spacial score (nSPS) is 12.0. The molecule has 9 heteroatoms. The van der Waals surface area contributed by atoms with Crippen molar-refractivity contribution in [3.8, 4) is 23.0 Å². The molecule has 0 heterocycles. The Labute approximate surface area is 184 Å². The molecule has 0 saturated carbocycles. The molecular formula is C23H24O9. The van der Waals surface area contributed by atoms with Gasteiger partial charge in [-0.25, -0.2) is 9.59 Å². The zero-order chi connectivity index (χ0) is 23.5. The van der Waals surface area contributed by atoms with Crippen LogP contribution in [0.3, 0.4) is 0 Å². The largest absolute Gasteiger partial charge is 0.504 e. The lowest BCUT2D eigenvalue weighted by Crippen LogP contribution is -2.27. The maximum absolute atomic E-state index is 12.0. The fraction of sp³-hybridized carbons (Fsp3) is 0.217. The van der Waals surface area contributed by atoms with Crippen LogP contribution in [-0.2, 0) is 19.1 Å². The van der Waals surface area contributed by atoms with E-state index in [-0.39, 0.29) is 29.6 Å². The zero-order valence-corrected chi connectivity index (χ0v) is 17.6. The third-order valence-corrected chi connectivity index (χ3v) is 4.13. The Bertz CT molecular complexity index is 995. The number of phenols is 2. The van der Waals surface area contributed by atoms with E-state index >= 15 is 0 Å². The van der Waals surface area contributed by atoms with E-state index in [1.165, 1.54) is 50.6 Å². The molecule has 0 aliphatic rings. The number of esters is 2. The average Bonchev–Trinajstić information content (AvgIpc) is 2.80. The van der Waals surface area contributed by atoms with Gasteiger partial charge in [0.05, 0.1) is 20.8 Å². The van der Waals surface area contributed by atoms with Gasteiger partial charge in [0, 0.05) is 12.2 Å². The molecule has 0 aromatic heterocycles. The van der Waals surface area contributed by atoms with Gasteiger partial charge < -0.3 is 34.3 Å². The molecule has 32 heavy (non-hydrogen) atoms. The first-order chi connectivity index (χ1) is 15.4. The minimum absolute atomic E-state index is 0.0292. The summed E-state index contributed by atoms with van der Waals surface area (Å²) in [6.45, 7) is -0.885. The number of hydrogen-bond donors (Lipinski definition) is 3. The Balaban J connectivity index is 1.86. The molecule has 0 spiro atoms. The van der Waals surface area contributed by atoms with Crippen LogP contribution in [0, 0.1) is 0 Å². The molecule has 0 radical (unpaired) electrons. The lowest BCUT2D eigenvalue weighted by Gasteiger charge is -2.14. The van der Waals surface area contributed by atoms with E-state index in [1.54, 1.807) is 12.1 Å². The summed E-state index contributed by atoms with van der Waals surface area (Å²) in [6, 6.07) is 9.06. The molecule has 0 aliphatic heterocycles. The van der Waals surface area contributed by atoms with Gasteiger partial charge in [-0.05, 0) is 47.5 Å². The Morgan fingerprint density at radius 2 is 1.38 bits per heavy atom. The number of methoxy groups -OCH3 is 2. The quantitative estimate of drug-likeness (QED) is 0.373. The number of aliphatic hydroxyl groups excluding tert-OH is 1. The van der Waals surface area contributed by atoms with E-state index in [0.717, 1.165) is 12.2 Å². The van der Waals surface area contributed by atoms with Gasteiger partial charge in [0.25, 0.3) is 0 Å². The molecule has 9 nitrogen and oxygen atoms in total. The highest BCUT2D eigenvalue weighted by Crippen LogP contribution is 2.27. The van der Waals surface area contributed by atoms with Crippen LogP contribution >= 0.6 is 0 Å². The summed E-state index contributed by atoms with van der Waals surface area (Å²) < 4.78 is 20.0. The fourth-order valence-corrected chi connectivity index (χ4v) is 2.48. The highest BCUT2D eigenvalue weighted by Gasteiger charge is 2.14. The average molecular weight is 444 g/mol. The number of rotatable bonds is 10. The molecule has 0 fully saturated rings. The SMILES string of the molecule is COc1cc(C=CC(=O)OC[C@H](CO)OC(=O)C=Cc2ccc(O)c(OC)c2)ccc1O. The van der Waals surface area contributed by atoms with Gasteiger partial charge in [0.1, 0.15) is 6.61 Å². The Hall–Kier alpha value is -3.98. The van der Waals surface area contributed by atoms with Crippen LogP contribution in [0.25, 0.3) is 12.2 Å².